The monoisotopic (exact) mass is 458 g/mol. The van der Waals surface area contributed by atoms with Crippen LogP contribution in [0.25, 0.3) is 10.9 Å². The topological polar surface area (TPSA) is 94.3 Å². The average Bonchev–Trinajstić information content (AvgIpc) is 3.58. The number of aromatic nitrogens is 1. The van der Waals surface area contributed by atoms with Gasteiger partial charge in [0.1, 0.15) is 29.4 Å². The maximum absolute atomic E-state index is 13.4. The molecule has 4 aromatic rings. The summed E-state index contributed by atoms with van der Waals surface area (Å²) in [6.07, 6.45) is 2.45. The molecule has 174 valence electrons. The molecule has 0 bridgehead atoms. The first-order valence-corrected chi connectivity index (χ1v) is 11.0. The van der Waals surface area contributed by atoms with E-state index in [-0.39, 0.29) is 12.5 Å². The quantitative estimate of drug-likeness (QED) is 0.442. The SMILES string of the molecule is COc1ccc(C2C(O)C(c3c[nH]c4ccccc34)=NN2C(=O)CN(C)Cc2ccco2)cc1. The molecular weight excluding hydrogens is 432 g/mol. The number of ether oxygens (including phenoxy) is 1. The number of aliphatic hydroxyl groups is 1. The fourth-order valence-electron chi connectivity index (χ4n) is 4.38. The second-order valence-electron chi connectivity index (χ2n) is 8.39. The third-order valence-electron chi connectivity index (χ3n) is 6.05. The molecule has 8 nitrogen and oxygen atoms in total. The number of aliphatic hydroxyl groups excluding tert-OH is 1. The lowest BCUT2D eigenvalue weighted by molar-refractivity contribution is -0.135. The van der Waals surface area contributed by atoms with Crippen LogP contribution in [0.3, 0.4) is 0 Å². The summed E-state index contributed by atoms with van der Waals surface area (Å²) in [5.74, 6) is 1.25. The predicted octanol–water partition coefficient (Wildman–Crippen LogP) is 3.55. The minimum atomic E-state index is -0.994. The van der Waals surface area contributed by atoms with Crippen molar-refractivity contribution in [3.05, 3.63) is 90.0 Å². The summed E-state index contributed by atoms with van der Waals surface area (Å²) in [6, 6.07) is 18.2. The van der Waals surface area contributed by atoms with Gasteiger partial charge in [-0.15, -0.1) is 0 Å². The Labute approximate surface area is 197 Å². The van der Waals surface area contributed by atoms with Crippen molar-refractivity contribution in [3.63, 3.8) is 0 Å². The molecule has 34 heavy (non-hydrogen) atoms. The number of hydrogen-bond acceptors (Lipinski definition) is 6. The van der Waals surface area contributed by atoms with Gasteiger partial charge in [0.25, 0.3) is 5.91 Å². The van der Waals surface area contributed by atoms with Crippen molar-refractivity contribution >= 4 is 22.5 Å². The summed E-state index contributed by atoms with van der Waals surface area (Å²) in [5, 5.41) is 18.4. The van der Waals surface area contributed by atoms with Crippen LogP contribution in [-0.4, -0.2) is 58.4 Å². The maximum Gasteiger partial charge on any atom is 0.257 e. The summed E-state index contributed by atoms with van der Waals surface area (Å²) in [7, 11) is 3.45. The number of fused-ring (bicyclic) bond motifs is 1. The van der Waals surface area contributed by atoms with Crippen LogP contribution < -0.4 is 4.74 Å². The molecule has 0 aliphatic carbocycles. The van der Waals surface area contributed by atoms with Crippen LogP contribution in [0.1, 0.15) is 22.9 Å². The molecule has 2 aromatic heterocycles. The number of likely N-dealkylation sites (N-methyl/N-ethyl adjacent to an activating group) is 1. The number of para-hydroxylation sites is 1. The lowest BCUT2D eigenvalue weighted by Gasteiger charge is -2.26. The highest BCUT2D eigenvalue weighted by atomic mass is 16.5. The number of nitrogens with one attached hydrogen (secondary N) is 1. The van der Waals surface area contributed by atoms with E-state index in [1.807, 2.05) is 78.8 Å². The standard InChI is InChI=1S/C26H26N4O4/c1-29(15-19-6-5-13-34-19)16-23(31)30-25(17-9-11-18(33-2)12-10-17)26(32)24(28-30)21-14-27-22-8-4-3-7-20(21)22/h3-14,25-27,32H,15-16H2,1-2H3. The third kappa shape index (κ3) is 4.09. The Morgan fingerprint density at radius 2 is 1.97 bits per heavy atom. The number of carbonyl (C=O) groups excluding carboxylic acids is 1. The van der Waals surface area contributed by atoms with E-state index in [1.54, 1.807) is 13.4 Å². The Kier molecular flexibility index (Phi) is 5.91. The number of amides is 1. The fourth-order valence-corrected chi connectivity index (χ4v) is 4.38. The lowest BCUT2D eigenvalue weighted by Crippen LogP contribution is -2.39. The minimum Gasteiger partial charge on any atom is -0.497 e. The minimum absolute atomic E-state index is 0.116. The van der Waals surface area contributed by atoms with Gasteiger partial charge in [0.15, 0.2) is 0 Å². The molecule has 1 aliphatic rings. The largest absolute Gasteiger partial charge is 0.497 e. The Bertz CT molecular complexity index is 1310. The molecule has 2 aromatic carbocycles. The Balaban J connectivity index is 1.48. The molecule has 2 atom stereocenters. The Morgan fingerprint density at radius 1 is 1.18 bits per heavy atom. The molecule has 0 saturated carbocycles. The van der Waals surface area contributed by atoms with Crippen LogP contribution in [0.15, 0.2) is 82.6 Å². The molecule has 0 fully saturated rings. The van der Waals surface area contributed by atoms with Crippen LogP contribution in [-0.2, 0) is 11.3 Å². The Hall–Kier alpha value is -3.88. The van der Waals surface area contributed by atoms with E-state index in [0.29, 0.717) is 18.0 Å². The van der Waals surface area contributed by atoms with Gasteiger partial charge in [-0.05, 0) is 42.9 Å². The van der Waals surface area contributed by atoms with E-state index >= 15 is 0 Å². The molecule has 0 radical (unpaired) electrons. The van der Waals surface area contributed by atoms with Gasteiger partial charge in [-0.2, -0.15) is 5.10 Å². The smallest absolute Gasteiger partial charge is 0.257 e. The van der Waals surface area contributed by atoms with Crippen LogP contribution in [0.4, 0.5) is 0 Å². The number of carbonyl (C=O) groups is 1. The second kappa shape index (κ2) is 9.17. The summed E-state index contributed by atoms with van der Waals surface area (Å²) < 4.78 is 10.7. The number of methoxy groups -OCH3 is 1. The molecule has 8 heteroatoms. The first-order valence-electron chi connectivity index (χ1n) is 11.0. The number of nitrogens with zero attached hydrogens (tertiary/aromatic N) is 3. The normalized spacial score (nSPS) is 18.0. The lowest BCUT2D eigenvalue weighted by atomic mass is 9.95. The van der Waals surface area contributed by atoms with E-state index in [0.717, 1.165) is 27.8 Å². The summed E-state index contributed by atoms with van der Waals surface area (Å²) in [6.45, 7) is 0.603. The van der Waals surface area contributed by atoms with Crippen LogP contribution in [0.2, 0.25) is 0 Å². The number of hydrogen-bond donors (Lipinski definition) is 2. The summed E-state index contributed by atoms with van der Waals surface area (Å²) in [4.78, 5) is 18.5. The number of aromatic amines is 1. The third-order valence-corrected chi connectivity index (χ3v) is 6.05. The Morgan fingerprint density at radius 3 is 2.71 bits per heavy atom. The zero-order chi connectivity index (χ0) is 23.7. The van der Waals surface area contributed by atoms with Crippen molar-refractivity contribution in [2.75, 3.05) is 20.7 Å². The highest BCUT2D eigenvalue weighted by Crippen LogP contribution is 2.35. The van der Waals surface area contributed by atoms with Crippen LogP contribution in [0.5, 0.6) is 5.75 Å². The van der Waals surface area contributed by atoms with Crippen molar-refractivity contribution < 1.29 is 19.1 Å². The molecule has 1 amide bonds. The first-order chi connectivity index (χ1) is 16.5. The molecule has 5 rings (SSSR count). The van der Waals surface area contributed by atoms with Gasteiger partial charge in [0.2, 0.25) is 0 Å². The summed E-state index contributed by atoms with van der Waals surface area (Å²) in [5.41, 5.74) is 2.95. The zero-order valence-corrected chi connectivity index (χ0v) is 19.0. The highest BCUT2D eigenvalue weighted by Gasteiger charge is 2.41. The zero-order valence-electron chi connectivity index (χ0n) is 19.0. The van der Waals surface area contributed by atoms with Gasteiger partial charge in [0, 0.05) is 22.7 Å². The molecule has 1 aliphatic heterocycles. The van der Waals surface area contributed by atoms with Crippen LogP contribution in [0, 0.1) is 0 Å². The second-order valence-corrected chi connectivity index (χ2v) is 8.39. The van der Waals surface area contributed by atoms with Gasteiger partial charge < -0.3 is 19.2 Å². The number of furan rings is 1. The molecular formula is C26H26N4O4. The van der Waals surface area contributed by atoms with E-state index < -0.39 is 12.1 Å². The van der Waals surface area contributed by atoms with Crippen molar-refractivity contribution in [2.45, 2.75) is 18.7 Å². The van der Waals surface area contributed by atoms with Crippen molar-refractivity contribution in [1.82, 2.24) is 14.9 Å². The van der Waals surface area contributed by atoms with Crippen molar-refractivity contribution in [1.29, 1.82) is 0 Å². The van der Waals surface area contributed by atoms with Gasteiger partial charge >= 0.3 is 0 Å². The number of H-pyrrole nitrogens is 1. The van der Waals surface area contributed by atoms with Gasteiger partial charge in [0.05, 0.1) is 26.5 Å². The van der Waals surface area contributed by atoms with Gasteiger partial charge in [-0.25, -0.2) is 5.01 Å². The fraction of sp³-hybridized carbons (Fsp3) is 0.231. The van der Waals surface area contributed by atoms with Crippen molar-refractivity contribution in [3.8, 4) is 5.75 Å². The summed E-state index contributed by atoms with van der Waals surface area (Å²) >= 11 is 0. The maximum atomic E-state index is 13.4. The van der Waals surface area contributed by atoms with E-state index in [4.69, 9.17) is 9.15 Å². The molecule has 3 heterocycles. The van der Waals surface area contributed by atoms with E-state index in [1.165, 1.54) is 5.01 Å². The molecule has 0 spiro atoms. The van der Waals surface area contributed by atoms with E-state index in [9.17, 15) is 9.90 Å². The van der Waals surface area contributed by atoms with Gasteiger partial charge in [-0.3, -0.25) is 9.69 Å². The molecule has 0 saturated heterocycles. The highest BCUT2D eigenvalue weighted by molar-refractivity contribution is 6.14. The first kappa shape index (κ1) is 21.9. The van der Waals surface area contributed by atoms with E-state index in [2.05, 4.69) is 10.1 Å². The average molecular weight is 459 g/mol. The number of benzene rings is 2. The number of rotatable bonds is 7. The molecule has 2 N–H and O–H groups in total. The van der Waals surface area contributed by atoms with Crippen LogP contribution >= 0.6 is 0 Å². The molecule has 2 unspecified atom stereocenters. The predicted molar refractivity (Wildman–Crippen MR) is 128 cm³/mol. The van der Waals surface area contributed by atoms with Gasteiger partial charge in [-0.1, -0.05) is 30.3 Å². The van der Waals surface area contributed by atoms with Crippen molar-refractivity contribution in [2.24, 2.45) is 5.10 Å². The number of hydrazone groups is 1.